The predicted molar refractivity (Wildman–Crippen MR) is 83.3 cm³/mol. The number of Topliss-reactive ketones (excluding diaryl/α,β-unsaturated/α-hetero) is 1. The first-order chi connectivity index (χ1) is 9.07. The first-order valence-electron chi connectivity index (χ1n) is 7.03. The summed E-state index contributed by atoms with van der Waals surface area (Å²) in [6, 6.07) is 0. The largest absolute Gasteiger partial charge is 0.298 e. The molecule has 2 bridgehead atoms. The number of alkyl halides is 2. The van der Waals surface area contributed by atoms with E-state index in [1.54, 1.807) is 11.1 Å². The molecule has 0 unspecified atom stereocenters. The van der Waals surface area contributed by atoms with Gasteiger partial charge in [0.1, 0.15) is 5.78 Å². The lowest BCUT2D eigenvalue weighted by Gasteiger charge is -2.18. The number of rotatable bonds is 0. The highest BCUT2D eigenvalue weighted by atomic mass is 79.9. The van der Waals surface area contributed by atoms with E-state index in [0.29, 0.717) is 5.78 Å². The van der Waals surface area contributed by atoms with Crippen LogP contribution < -0.4 is 0 Å². The first-order valence-corrected chi connectivity index (χ1v) is 8.62. The van der Waals surface area contributed by atoms with Crippen molar-refractivity contribution in [3.8, 4) is 0 Å². The van der Waals surface area contributed by atoms with Crippen LogP contribution in [0.3, 0.4) is 0 Å². The van der Waals surface area contributed by atoms with Gasteiger partial charge < -0.3 is 0 Å². The number of carbonyl (C=O) groups is 1. The third kappa shape index (κ3) is 1.88. The minimum absolute atomic E-state index is 0.114. The van der Waals surface area contributed by atoms with Crippen LogP contribution in [0.5, 0.6) is 0 Å². The fourth-order valence-electron chi connectivity index (χ4n) is 4.02. The van der Waals surface area contributed by atoms with Gasteiger partial charge in [-0.25, -0.2) is 0 Å². The van der Waals surface area contributed by atoms with E-state index in [9.17, 15) is 4.79 Å². The van der Waals surface area contributed by atoms with Gasteiger partial charge in [0.25, 0.3) is 0 Å². The maximum absolute atomic E-state index is 12.5. The van der Waals surface area contributed by atoms with Gasteiger partial charge in [0.05, 0.1) is 3.23 Å². The highest BCUT2D eigenvalue weighted by molar-refractivity contribution is 9.25. The van der Waals surface area contributed by atoms with E-state index in [1.807, 2.05) is 0 Å². The number of halogens is 2. The molecule has 4 aliphatic rings. The van der Waals surface area contributed by atoms with Crippen LogP contribution in [-0.4, -0.2) is 9.02 Å². The van der Waals surface area contributed by atoms with E-state index in [4.69, 9.17) is 0 Å². The van der Waals surface area contributed by atoms with Gasteiger partial charge in [-0.1, -0.05) is 67.3 Å². The molecule has 1 fully saturated rings. The molecule has 0 amide bonds. The van der Waals surface area contributed by atoms with E-state index >= 15 is 0 Å². The Morgan fingerprint density at radius 2 is 1.37 bits per heavy atom. The Morgan fingerprint density at radius 1 is 0.895 bits per heavy atom. The number of carbonyl (C=O) groups excluding carboxylic acids is 1. The van der Waals surface area contributed by atoms with Crippen molar-refractivity contribution in [1.29, 1.82) is 0 Å². The van der Waals surface area contributed by atoms with Gasteiger partial charge in [-0.05, 0) is 37.5 Å². The summed E-state index contributed by atoms with van der Waals surface area (Å²) in [5.74, 6) is 2.10. The number of ketones is 1. The number of fused-ring (bicyclic) bond motifs is 3. The van der Waals surface area contributed by atoms with Gasteiger partial charge in [-0.3, -0.25) is 4.79 Å². The molecule has 0 aliphatic heterocycles. The van der Waals surface area contributed by atoms with Gasteiger partial charge >= 0.3 is 0 Å². The Labute approximate surface area is 130 Å². The molecule has 19 heavy (non-hydrogen) atoms. The van der Waals surface area contributed by atoms with Gasteiger partial charge in [-0.2, -0.15) is 0 Å². The van der Waals surface area contributed by atoms with Gasteiger partial charge in [0.2, 0.25) is 0 Å². The first kappa shape index (κ1) is 12.6. The van der Waals surface area contributed by atoms with Crippen LogP contribution in [0.15, 0.2) is 35.5 Å². The van der Waals surface area contributed by atoms with Crippen LogP contribution in [0.25, 0.3) is 0 Å². The van der Waals surface area contributed by atoms with E-state index in [2.05, 4.69) is 56.2 Å². The van der Waals surface area contributed by atoms with E-state index in [0.717, 1.165) is 24.7 Å². The molecule has 0 radical (unpaired) electrons. The van der Waals surface area contributed by atoms with Crippen molar-refractivity contribution in [2.45, 2.75) is 28.9 Å². The van der Waals surface area contributed by atoms with Gasteiger partial charge in [0, 0.05) is 11.8 Å². The average Bonchev–Trinajstić information content (AvgIpc) is 3.00. The Hall–Kier alpha value is -0.150. The molecule has 4 atom stereocenters. The van der Waals surface area contributed by atoms with Crippen molar-refractivity contribution in [1.82, 2.24) is 0 Å². The third-order valence-electron chi connectivity index (χ3n) is 5.26. The summed E-state index contributed by atoms with van der Waals surface area (Å²) in [6.45, 7) is 0. The van der Waals surface area contributed by atoms with Crippen molar-refractivity contribution >= 4 is 37.6 Å². The third-order valence-corrected chi connectivity index (χ3v) is 7.61. The smallest absolute Gasteiger partial charge is 0.147 e. The quantitative estimate of drug-likeness (QED) is 0.443. The molecular formula is C16H16Br2O. The topological polar surface area (TPSA) is 17.1 Å². The van der Waals surface area contributed by atoms with Crippen LogP contribution in [0, 0.1) is 23.7 Å². The van der Waals surface area contributed by atoms with Gasteiger partial charge in [0.15, 0.2) is 0 Å². The number of allylic oxidation sites excluding steroid dienone is 6. The van der Waals surface area contributed by atoms with Crippen LogP contribution in [-0.2, 0) is 4.79 Å². The lowest BCUT2D eigenvalue weighted by atomic mass is 9.86. The summed E-state index contributed by atoms with van der Waals surface area (Å²) >= 11 is 7.63. The molecule has 100 valence electrons. The fraction of sp³-hybridized carbons (Fsp3) is 0.562. The standard InChI is InChI=1S/C16H16Br2O/c17-16(18)13-7-11-5-9-3-1-2-4-10(15(9)19)6-12(11)8-14(13)16/h1-4,9-10,13-14H,5-8H2/t9-,10+,13+,14-. The molecule has 4 rings (SSSR count). The molecular weight excluding hydrogens is 368 g/mol. The summed E-state index contributed by atoms with van der Waals surface area (Å²) in [6.07, 6.45) is 12.6. The summed E-state index contributed by atoms with van der Waals surface area (Å²) in [4.78, 5) is 12.5. The Bertz CT molecular complexity index is 497. The van der Waals surface area contributed by atoms with Crippen LogP contribution >= 0.6 is 31.9 Å². The lowest BCUT2D eigenvalue weighted by molar-refractivity contribution is -0.123. The van der Waals surface area contributed by atoms with Crippen molar-refractivity contribution < 1.29 is 4.79 Å². The molecule has 1 saturated carbocycles. The molecule has 0 saturated heterocycles. The van der Waals surface area contributed by atoms with E-state index < -0.39 is 0 Å². The maximum atomic E-state index is 12.5. The Kier molecular flexibility index (Phi) is 2.76. The highest BCUT2D eigenvalue weighted by Gasteiger charge is 2.63. The molecule has 3 heteroatoms. The van der Waals surface area contributed by atoms with Crippen LogP contribution in [0.4, 0.5) is 0 Å². The molecule has 0 aromatic heterocycles. The molecule has 0 spiro atoms. The monoisotopic (exact) mass is 382 g/mol. The summed E-state index contributed by atoms with van der Waals surface area (Å²) in [5, 5.41) is 0. The van der Waals surface area contributed by atoms with E-state index in [-0.39, 0.29) is 15.1 Å². The lowest BCUT2D eigenvalue weighted by Crippen LogP contribution is -2.18. The molecule has 0 aromatic carbocycles. The van der Waals surface area contributed by atoms with Crippen LogP contribution in [0.1, 0.15) is 25.7 Å². The molecule has 0 heterocycles. The normalized spacial score (nSPS) is 42.3. The molecule has 1 nitrogen and oxygen atoms in total. The molecule has 0 aromatic rings. The SMILES string of the molecule is O=C1[C@@H]2C=CC=C[C@H]1CC1=C(C2)C[C@H]2[C@@H](C1)C2(Br)Br. The second-order valence-electron chi connectivity index (χ2n) is 6.30. The predicted octanol–water partition coefficient (Wildman–Crippen LogP) is 4.53. The van der Waals surface area contributed by atoms with Gasteiger partial charge in [-0.15, -0.1) is 0 Å². The van der Waals surface area contributed by atoms with Crippen molar-refractivity contribution in [2.75, 3.05) is 0 Å². The minimum Gasteiger partial charge on any atom is -0.298 e. The van der Waals surface area contributed by atoms with Crippen molar-refractivity contribution in [3.05, 3.63) is 35.5 Å². The van der Waals surface area contributed by atoms with Crippen LogP contribution in [0.2, 0.25) is 0 Å². The second-order valence-corrected chi connectivity index (χ2v) is 9.98. The molecule has 0 N–H and O–H groups in total. The summed E-state index contributed by atoms with van der Waals surface area (Å²) in [5.41, 5.74) is 3.14. The number of hydrogen-bond donors (Lipinski definition) is 0. The average molecular weight is 384 g/mol. The maximum Gasteiger partial charge on any atom is 0.147 e. The summed E-state index contributed by atoms with van der Waals surface area (Å²) < 4.78 is 0.174. The zero-order valence-electron chi connectivity index (χ0n) is 10.6. The minimum atomic E-state index is 0.114. The number of hydrogen-bond acceptors (Lipinski definition) is 1. The van der Waals surface area contributed by atoms with Crippen molar-refractivity contribution in [2.24, 2.45) is 23.7 Å². The highest BCUT2D eigenvalue weighted by Crippen LogP contribution is 2.69. The summed E-state index contributed by atoms with van der Waals surface area (Å²) in [7, 11) is 0. The molecule has 4 aliphatic carbocycles. The fourth-order valence-corrected chi connectivity index (χ4v) is 5.68. The van der Waals surface area contributed by atoms with Crippen molar-refractivity contribution in [3.63, 3.8) is 0 Å². The Morgan fingerprint density at radius 3 is 1.84 bits per heavy atom. The second kappa shape index (κ2) is 4.17. The zero-order chi connectivity index (χ0) is 13.2. The van der Waals surface area contributed by atoms with E-state index in [1.165, 1.54) is 12.8 Å². The zero-order valence-corrected chi connectivity index (χ0v) is 13.8. The Balaban J connectivity index is 1.67.